The molecule has 0 aliphatic carbocycles. The molecule has 0 atom stereocenters. The van der Waals surface area contributed by atoms with Gasteiger partial charge in [-0.2, -0.15) is 4.72 Å². The Bertz CT molecular complexity index is 820. The topological polar surface area (TPSA) is 49.4 Å². The van der Waals surface area contributed by atoms with Crippen LogP contribution in [0.1, 0.15) is 0 Å². The molecule has 6 heteroatoms. The molecule has 0 saturated carbocycles. The Kier molecular flexibility index (Phi) is 5.08. The number of halogens is 1. The number of hydrogen-bond acceptors (Lipinski definition) is 3. The average molecular weight is 414 g/mol. The molecule has 0 fully saturated rings. The SMILES string of the molecule is CN(C)c1cccc2c(S(=O)(=O)NCC#CI)cccc12. The van der Waals surface area contributed by atoms with Crippen LogP contribution in [0.2, 0.25) is 0 Å². The van der Waals surface area contributed by atoms with Crippen molar-refractivity contribution >= 4 is 49.1 Å². The summed E-state index contributed by atoms with van der Waals surface area (Å²) >= 11 is 1.88. The van der Waals surface area contributed by atoms with Gasteiger partial charge in [-0.1, -0.05) is 30.2 Å². The van der Waals surface area contributed by atoms with E-state index in [0.29, 0.717) is 5.39 Å². The number of rotatable bonds is 4. The minimum Gasteiger partial charge on any atom is -0.377 e. The van der Waals surface area contributed by atoms with Gasteiger partial charge in [0.2, 0.25) is 10.0 Å². The molecule has 2 aromatic carbocycles. The van der Waals surface area contributed by atoms with Crippen LogP contribution < -0.4 is 9.62 Å². The molecule has 0 saturated heterocycles. The third-order valence-electron chi connectivity index (χ3n) is 3.05. The van der Waals surface area contributed by atoms with Crippen molar-refractivity contribution in [3.8, 4) is 9.85 Å². The molecular weight excluding hydrogens is 399 g/mol. The minimum absolute atomic E-state index is 0.106. The summed E-state index contributed by atoms with van der Waals surface area (Å²) in [6, 6.07) is 10.9. The third-order valence-corrected chi connectivity index (χ3v) is 4.89. The van der Waals surface area contributed by atoms with Gasteiger partial charge < -0.3 is 4.90 Å². The lowest BCUT2D eigenvalue weighted by molar-refractivity contribution is 0.587. The Morgan fingerprint density at radius 3 is 2.48 bits per heavy atom. The zero-order valence-electron chi connectivity index (χ0n) is 11.7. The lowest BCUT2D eigenvalue weighted by atomic mass is 10.1. The molecule has 0 aliphatic heterocycles. The highest BCUT2D eigenvalue weighted by Crippen LogP contribution is 2.29. The Morgan fingerprint density at radius 2 is 1.81 bits per heavy atom. The second kappa shape index (κ2) is 6.64. The van der Waals surface area contributed by atoms with Crippen molar-refractivity contribution in [3.63, 3.8) is 0 Å². The number of nitrogens with one attached hydrogen (secondary N) is 1. The van der Waals surface area contributed by atoms with E-state index in [2.05, 4.69) is 14.6 Å². The van der Waals surface area contributed by atoms with Crippen molar-refractivity contribution in [1.82, 2.24) is 4.72 Å². The molecule has 1 N–H and O–H groups in total. The maximum Gasteiger partial charge on any atom is 0.242 e. The summed E-state index contributed by atoms with van der Waals surface area (Å²) in [4.78, 5) is 2.24. The van der Waals surface area contributed by atoms with E-state index in [1.807, 2.05) is 65.9 Å². The molecule has 0 aromatic heterocycles. The van der Waals surface area contributed by atoms with Gasteiger partial charge in [-0.15, -0.1) is 0 Å². The molecule has 0 spiro atoms. The number of fused-ring (bicyclic) bond motifs is 1. The van der Waals surface area contributed by atoms with Crippen LogP contribution in [0.15, 0.2) is 41.3 Å². The largest absolute Gasteiger partial charge is 0.377 e. The van der Waals surface area contributed by atoms with E-state index < -0.39 is 10.0 Å². The monoisotopic (exact) mass is 414 g/mol. The van der Waals surface area contributed by atoms with Gasteiger partial charge in [0.15, 0.2) is 0 Å². The summed E-state index contributed by atoms with van der Waals surface area (Å²) in [6.07, 6.45) is 0. The van der Waals surface area contributed by atoms with E-state index >= 15 is 0 Å². The molecule has 4 nitrogen and oxygen atoms in total. The van der Waals surface area contributed by atoms with Crippen molar-refractivity contribution in [2.75, 3.05) is 25.5 Å². The lowest BCUT2D eigenvalue weighted by Crippen LogP contribution is -2.24. The van der Waals surface area contributed by atoms with Crippen LogP contribution in [0, 0.1) is 9.85 Å². The Labute approximate surface area is 138 Å². The summed E-state index contributed by atoms with van der Waals surface area (Å²) < 4.78 is 30.0. The number of benzene rings is 2. The Hall–Kier alpha value is -1.30. The van der Waals surface area contributed by atoms with E-state index in [4.69, 9.17) is 0 Å². The van der Waals surface area contributed by atoms with Crippen molar-refractivity contribution in [1.29, 1.82) is 0 Å². The van der Waals surface area contributed by atoms with Crippen LogP contribution in [-0.2, 0) is 10.0 Å². The van der Waals surface area contributed by atoms with Gasteiger partial charge in [-0.25, -0.2) is 8.42 Å². The fourth-order valence-electron chi connectivity index (χ4n) is 2.13. The summed E-state index contributed by atoms with van der Waals surface area (Å²) in [5.74, 6) is 2.69. The van der Waals surface area contributed by atoms with Crippen LogP contribution >= 0.6 is 22.6 Å². The molecular formula is C15H15IN2O2S. The van der Waals surface area contributed by atoms with E-state index in [0.717, 1.165) is 11.1 Å². The molecule has 2 aromatic rings. The molecule has 0 bridgehead atoms. The quantitative estimate of drug-likeness (QED) is 0.618. The van der Waals surface area contributed by atoms with Gasteiger partial charge >= 0.3 is 0 Å². The Balaban J connectivity index is 2.59. The van der Waals surface area contributed by atoms with Gasteiger partial charge in [0, 0.05) is 53.1 Å². The van der Waals surface area contributed by atoms with Crippen LogP contribution in [0.4, 0.5) is 5.69 Å². The predicted octanol–water partition coefficient (Wildman–Crippen LogP) is 2.58. The lowest BCUT2D eigenvalue weighted by Gasteiger charge is -2.16. The molecule has 0 radical (unpaired) electrons. The minimum atomic E-state index is -3.58. The second-order valence-electron chi connectivity index (χ2n) is 4.62. The standard InChI is InChI=1S/C15H15IN2O2S/c1-18(2)14-8-3-7-13-12(14)6-4-9-15(13)21(19,20)17-11-5-10-16/h3-4,6-9,17H,11H2,1-2H3. The number of anilines is 1. The number of sulfonamides is 1. The van der Waals surface area contributed by atoms with E-state index in [1.54, 1.807) is 12.1 Å². The molecule has 0 heterocycles. The maximum atomic E-state index is 12.4. The van der Waals surface area contributed by atoms with Gasteiger partial charge in [-0.05, 0) is 16.1 Å². The van der Waals surface area contributed by atoms with Crippen LogP contribution in [0.25, 0.3) is 10.8 Å². The third kappa shape index (κ3) is 3.48. The molecule has 2 rings (SSSR count). The first-order chi connectivity index (χ1) is 9.97. The fourth-order valence-corrected chi connectivity index (χ4v) is 3.46. The van der Waals surface area contributed by atoms with Crippen molar-refractivity contribution < 1.29 is 8.42 Å². The molecule has 0 aliphatic rings. The molecule has 21 heavy (non-hydrogen) atoms. The van der Waals surface area contributed by atoms with Gasteiger partial charge in [0.05, 0.1) is 11.4 Å². The highest BCUT2D eigenvalue weighted by Gasteiger charge is 2.17. The fraction of sp³-hybridized carbons (Fsp3) is 0.200. The van der Waals surface area contributed by atoms with Crippen molar-refractivity contribution in [2.24, 2.45) is 0 Å². The first-order valence-electron chi connectivity index (χ1n) is 6.24. The summed E-state index contributed by atoms with van der Waals surface area (Å²) in [5, 5.41) is 1.61. The normalized spacial score (nSPS) is 11.0. The highest BCUT2D eigenvalue weighted by atomic mass is 127. The highest BCUT2D eigenvalue weighted by molar-refractivity contribution is 14.1. The Morgan fingerprint density at radius 1 is 1.14 bits per heavy atom. The van der Waals surface area contributed by atoms with Crippen molar-refractivity contribution in [2.45, 2.75) is 4.90 Å². The average Bonchev–Trinajstić information content (AvgIpc) is 2.46. The molecule has 0 unspecified atom stereocenters. The first kappa shape index (κ1) is 16.1. The second-order valence-corrected chi connectivity index (χ2v) is 6.89. The number of nitrogens with zero attached hydrogens (tertiary/aromatic N) is 1. The summed E-state index contributed by atoms with van der Waals surface area (Å²) in [7, 11) is 0.294. The van der Waals surface area contributed by atoms with E-state index in [-0.39, 0.29) is 11.4 Å². The molecule has 0 amide bonds. The van der Waals surface area contributed by atoms with E-state index in [9.17, 15) is 8.42 Å². The predicted molar refractivity (Wildman–Crippen MR) is 95.3 cm³/mol. The maximum absolute atomic E-state index is 12.4. The van der Waals surface area contributed by atoms with Crippen molar-refractivity contribution in [3.05, 3.63) is 36.4 Å². The zero-order chi connectivity index (χ0) is 15.5. The smallest absolute Gasteiger partial charge is 0.242 e. The van der Waals surface area contributed by atoms with E-state index in [1.165, 1.54) is 0 Å². The van der Waals surface area contributed by atoms with Gasteiger partial charge in [0.1, 0.15) is 0 Å². The van der Waals surface area contributed by atoms with Gasteiger partial charge in [-0.3, -0.25) is 0 Å². The summed E-state index contributed by atoms with van der Waals surface area (Å²) in [6.45, 7) is 0.106. The zero-order valence-corrected chi connectivity index (χ0v) is 14.7. The van der Waals surface area contributed by atoms with Crippen LogP contribution in [0.3, 0.4) is 0 Å². The van der Waals surface area contributed by atoms with Crippen LogP contribution in [0.5, 0.6) is 0 Å². The summed E-state index contributed by atoms with van der Waals surface area (Å²) in [5.41, 5.74) is 0.983. The first-order valence-corrected chi connectivity index (χ1v) is 8.81. The van der Waals surface area contributed by atoms with Crippen LogP contribution in [-0.4, -0.2) is 29.1 Å². The molecule has 110 valence electrons. The van der Waals surface area contributed by atoms with Gasteiger partial charge in [0.25, 0.3) is 0 Å². The number of hydrogen-bond donors (Lipinski definition) is 1.